The van der Waals surface area contributed by atoms with Crippen molar-refractivity contribution in [1.82, 2.24) is 5.32 Å². The zero-order valence-electron chi connectivity index (χ0n) is 7.79. The van der Waals surface area contributed by atoms with Crippen LogP contribution in [0.15, 0.2) is 18.2 Å². The Hall–Kier alpha value is -0.730. The first-order valence-electron chi connectivity index (χ1n) is 5.01. The van der Waals surface area contributed by atoms with Crippen molar-refractivity contribution in [2.24, 2.45) is 0 Å². The third-order valence-corrected chi connectivity index (χ3v) is 3.00. The molecule has 1 heterocycles. The highest BCUT2D eigenvalue weighted by Gasteiger charge is 2.30. The summed E-state index contributed by atoms with van der Waals surface area (Å²) in [6, 6.07) is 6.88. The van der Waals surface area contributed by atoms with Gasteiger partial charge in [-0.15, -0.1) is 0 Å². The Balaban J connectivity index is 1.87. The smallest absolute Gasteiger partial charge is 0.124 e. The van der Waals surface area contributed by atoms with Gasteiger partial charge in [-0.2, -0.15) is 0 Å². The third-order valence-electron chi connectivity index (χ3n) is 2.77. The van der Waals surface area contributed by atoms with Crippen molar-refractivity contribution < 1.29 is 4.74 Å². The van der Waals surface area contributed by atoms with Crippen LogP contribution in [-0.4, -0.2) is 12.6 Å². The maximum Gasteiger partial charge on any atom is 0.124 e. The van der Waals surface area contributed by atoms with Gasteiger partial charge >= 0.3 is 0 Å². The highest BCUT2D eigenvalue weighted by molar-refractivity contribution is 6.30. The molecule has 0 saturated heterocycles. The van der Waals surface area contributed by atoms with Crippen molar-refractivity contribution in [2.45, 2.75) is 24.9 Å². The van der Waals surface area contributed by atoms with E-state index in [4.69, 9.17) is 16.3 Å². The zero-order valence-corrected chi connectivity index (χ0v) is 8.55. The van der Waals surface area contributed by atoms with E-state index in [2.05, 4.69) is 5.32 Å². The highest BCUT2D eigenvalue weighted by atomic mass is 35.5. The Bertz CT molecular complexity index is 362. The van der Waals surface area contributed by atoms with Gasteiger partial charge in [-0.1, -0.05) is 11.6 Å². The molecule has 2 nitrogen and oxygen atoms in total. The first-order chi connectivity index (χ1) is 6.83. The van der Waals surface area contributed by atoms with Crippen LogP contribution in [0.1, 0.15) is 24.4 Å². The average molecular weight is 210 g/mol. The molecule has 1 fully saturated rings. The van der Waals surface area contributed by atoms with Crippen molar-refractivity contribution in [3.05, 3.63) is 28.8 Å². The molecule has 0 bridgehead atoms. The van der Waals surface area contributed by atoms with E-state index in [9.17, 15) is 0 Å². The van der Waals surface area contributed by atoms with Crippen LogP contribution in [0.25, 0.3) is 0 Å². The second-order valence-electron chi connectivity index (χ2n) is 3.99. The lowest BCUT2D eigenvalue weighted by molar-refractivity contribution is 0.310. The van der Waals surface area contributed by atoms with Gasteiger partial charge in [0.2, 0.25) is 0 Å². The molecule has 1 aliphatic carbocycles. The maximum atomic E-state index is 5.96. The van der Waals surface area contributed by atoms with E-state index in [1.165, 1.54) is 18.4 Å². The number of ether oxygens (including phenoxy) is 1. The summed E-state index contributed by atoms with van der Waals surface area (Å²) in [6.07, 6.45) is 2.60. The first kappa shape index (κ1) is 8.57. The fourth-order valence-corrected chi connectivity index (χ4v) is 2.04. The molecule has 0 aromatic heterocycles. The van der Waals surface area contributed by atoms with Crippen molar-refractivity contribution >= 4 is 11.6 Å². The first-order valence-corrected chi connectivity index (χ1v) is 5.39. The standard InChI is InChI=1S/C11H12ClNO/c12-7-1-4-11-9(5-7)10(6-14-11)13-8-2-3-8/h1,4-5,8,10,13H,2-3,6H2. The van der Waals surface area contributed by atoms with Gasteiger partial charge in [0, 0.05) is 16.6 Å². The predicted octanol–water partition coefficient (Wildman–Crippen LogP) is 2.53. The van der Waals surface area contributed by atoms with Crippen LogP contribution in [0.4, 0.5) is 0 Å². The minimum Gasteiger partial charge on any atom is -0.491 e. The second kappa shape index (κ2) is 3.14. The number of rotatable bonds is 2. The zero-order chi connectivity index (χ0) is 9.54. The number of fused-ring (bicyclic) bond motifs is 1. The molecular formula is C11H12ClNO. The Morgan fingerprint density at radius 3 is 3.00 bits per heavy atom. The van der Waals surface area contributed by atoms with E-state index in [1.807, 2.05) is 18.2 Å². The third kappa shape index (κ3) is 1.49. The summed E-state index contributed by atoms with van der Waals surface area (Å²) in [7, 11) is 0. The molecule has 74 valence electrons. The van der Waals surface area contributed by atoms with Crippen LogP contribution in [0.3, 0.4) is 0 Å². The van der Waals surface area contributed by atoms with Crippen molar-refractivity contribution in [2.75, 3.05) is 6.61 Å². The fourth-order valence-electron chi connectivity index (χ4n) is 1.86. The Kier molecular flexibility index (Phi) is 1.92. The Labute approximate surface area is 88.2 Å². The topological polar surface area (TPSA) is 21.3 Å². The summed E-state index contributed by atoms with van der Waals surface area (Å²) in [4.78, 5) is 0. The molecule has 1 aromatic rings. The predicted molar refractivity (Wildman–Crippen MR) is 55.8 cm³/mol. The summed E-state index contributed by atoms with van der Waals surface area (Å²) in [5, 5.41) is 4.34. The summed E-state index contributed by atoms with van der Waals surface area (Å²) in [5.41, 5.74) is 1.21. The normalized spacial score (nSPS) is 24.5. The van der Waals surface area contributed by atoms with E-state index < -0.39 is 0 Å². The SMILES string of the molecule is Clc1ccc2c(c1)C(NC1CC1)CO2. The van der Waals surface area contributed by atoms with Crippen molar-refractivity contribution in [3.63, 3.8) is 0 Å². The second-order valence-corrected chi connectivity index (χ2v) is 4.42. The molecule has 3 heteroatoms. The number of hydrogen-bond donors (Lipinski definition) is 1. The quantitative estimate of drug-likeness (QED) is 0.808. The number of halogens is 1. The molecule has 3 rings (SSSR count). The summed E-state index contributed by atoms with van der Waals surface area (Å²) in [6.45, 7) is 0.742. The molecule has 1 aromatic carbocycles. The van der Waals surface area contributed by atoms with E-state index in [1.54, 1.807) is 0 Å². The number of benzene rings is 1. The van der Waals surface area contributed by atoms with E-state index in [0.717, 1.165) is 17.4 Å². The van der Waals surface area contributed by atoms with Crippen molar-refractivity contribution in [3.8, 4) is 5.75 Å². The minimum atomic E-state index is 0.344. The number of hydrogen-bond acceptors (Lipinski definition) is 2. The summed E-state index contributed by atoms with van der Waals surface area (Å²) < 4.78 is 5.57. The summed E-state index contributed by atoms with van der Waals surface area (Å²) in [5.74, 6) is 0.979. The maximum absolute atomic E-state index is 5.96. The lowest BCUT2D eigenvalue weighted by Crippen LogP contribution is -2.24. The molecule has 1 N–H and O–H groups in total. The number of nitrogens with one attached hydrogen (secondary N) is 1. The molecule has 1 atom stereocenters. The molecular weight excluding hydrogens is 198 g/mol. The van der Waals surface area contributed by atoms with Gasteiger partial charge in [-0.25, -0.2) is 0 Å². The van der Waals surface area contributed by atoms with Gasteiger partial charge < -0.3 is 10.1 Å². The lowest BCUT2D eigenvalue weighted by atomic mass is 10.1. The van der Waals surface area contributed by atoms with Gasteiger partial charge in [-0.3, -0.25) is 0 Å². The van der Waals surface area contributed by atoms with Crippen LogP contribution >= 0.6 is 11.6 Å². The molecule has 0 radical (unpaired) electrons. The Morgan fingerprint density at radius 2 is 2.21 bits per heavy atom. The monoisotopic (exact) mass is 209 g/mol. The van der Waals surface area contributed by atoms with Crippen LogP contribution < -0.4 is 10.1 Å². The highest BCUT2D eigenvalue weighted by Crippen LogP contribution is 2.36. The van der Waals surface area contributed by atoms with Gasteiger partial charge in [0.1, 0.15) is 12.4 Å². The van der Waals surface area contributed by atoms with E-state index >= 15 is 0 Å². The lowest BCUT2D eigenvalue weighted by Gasteiger charge is -2.10. The largest absolute Gasteiger partial charge is 0.491 e. The molecule has 2 aliphatic rings. The van der Waals surface area contributed by atoms with Crippen LogP contribution in [0, 0.1) is 0 Å². The van der Waals surface area contributed by atoms with Gasteiger partial charge in [0.25, 0.3) is 0 Å². The minimum absolute atomic E-state index is 0.344. The molecule has 0 spiro atoms. The molecule has 1 aliphatic heterocycles. The molecule has 0 amide bonds. The van der Waals surface area contributed by atoms with Gasteiger partial charge in [0.15, 0.2) is 0 Å². The van der Waals surface area contributed by atoms with Crippen molar-refractivity contribution in [1.29, 1.82) is 0 Å². The molecule has 14 heavy (non-hydrogen) atoms. The summed E-state index contributed by atoms with van der Waals surface area (Å²) >= 11 is 5.96. The van der Waals surface area contributed by atoms with Gasteiger partial charge in [-0.05, 0) is 31.0 Å². The van der Waals surface area contributed by atoms with Gasteiger partial charge in [0.05, 0.1) is 6.04 Å². The average Bonchev–Trinajstić information content (AvgIpc) is 2.90. The van der Waals surface area contributed by atoms with Crippen LogP contribution in [0.2, 0.25) is 5.02 Å². The fraction of sp³-hybridized carbons (Fsp3) is 0.455. The van der Waals surface area contributed by atoms with E-state index in [-0.39, 0.29) is 0 Å². The van der Waals surface area contributed by atoms with Crippen LogP contribution in [-0.2, 0) is 0 Å². The molecule has 1 unspecified atom stereocenters. The van der Waals surface area contributed by atoms with Crippen LogP contribution in [0.5, 0.6) is 5.75 Å². The Morgan fingerprint density at radius 1 is 1.36 bits per heavy atom. The molecule has 1 saturated carbocycles. The van der Waals surface area contributed by atoms with E-state index in [0.29, 0.717) is 12.1 Å².